The summed E-state index contributed by atoms with van der Waals surface area (Å²) < 4.78 is 6.30. The largest absolute Gasteiger partial charge is 0.481 e. The van der Waals surface area contributed by atoms with Gasteiger partial charge in [0.15, 0.2) is 5.78 Å². The van der Waals surface area contributed by atoms with Gasteiger partial charge in [0.1, 0.15) is 6.10 Å². The number of Topliss-reactive ketones (excluding diaryl/α,β-unsaturated/α-hetero) is 1. The van der Waals surface area contributed by atoms with Crippen LogP contribution in [-0.2, 0) is 25.7 Å². The van der Waals surface area contributed by atoms with Crippen molar-refractivity contribution in [1.82, 2.24) is 9.80 Å². The maximum absolute atomic E-state index is 14.3. The van der Waals surface area contributed by atoms with Crippen LogP contribution in [0.15, 0.2) is 35.4 Å². The van der Waals surface area contributed by atoms with E-state index in [9.17, 15) is 24.6 Å². The van der Waals surface area contributed by atoms with Crippen molar-refractivity contribution >= 4 is 29.3 Å². The molecule has 5 aliphatic carbocycles. The van der Waals surface area contributed by atoms with Crippen molar-refractivity contribution in [2.24, 2.45) is 56.2 Å². The Bertz CT molecular complexity index is 1750. The van der Waals surface area contributed by atoms with E-state index in [4.69, 9.17) is 16.3 Å². The van der Waals surface area contributed by atoms with Gasteiger partial charge >= 0.3 is 11.9 Å². The molecule has 6 rings (SSSR count). The Hall–Kier alpha value is -2.26. The number of halogens is 1. The van der Waals surface area contributed by atoms with Gasteiger partial charge in [-0.15, -0.1) is 0 Å². The Morgan fingerprint density at radius 1 is 0.897 bits per heavy atom. The highest BCUT2D eigenvalue weighted by molar-refractivity contribution is 6.30. The quantitative estimate of drug-likeness (QED) is 0.179. The zero-order valence-corrected chi connectivity index (χ0v) is 38.4. The van der Waals surface area contributed by atoms with Crippen LogP contribution in [-0.4, -0.2) is 83.7 Å². The summed E-state index contributed by atoms with van der Waals surface area (Å²) in [5, 5.41) is 22.8. The number of nitrogens with zero attached hydrogens (tertiary/aromatic N) is 2. The number of carbonyl (C=O) groups is 3. The molecule has 58 heavy (non-hydrogen) atoms. The minimum absolute atomic E-state index is 0.0235. The molecule has 324 valence electrons. The number of aliphatic carboxylic acids is 1. The van der Waals surface area contributed by atoms with Gasteiger partial charge < -0.3 is 19.8 Å². The highest BCUT2D eigenvalue weighted by atomic mass is 35.5. The molecule has 0 spiro atoms. The molecule has 2 N–H and O–H groups in total. The highest BCUT2D eigenvalue weighted by Crippen LogP contribution is 2.77. The highest BCUT2D eigenvalue weighted by Gasteiger charge is 2.71. The summed E-state index contributed by atoms with van der Waals surface area (Å²) in [6.45, 7) is 23.2. The van der Waals surface area contributed by atoms with E-state index < -0.39 is 22.9 Å². The zero-order valence-electron chi connectivity index (χ0n) is 37.7. The number of carboxylic acids is 1. The molecule has 1 unspecified atom stereocenters. The van der Waals surface area contributed by atoms with Crippen LogP contribution >= 0.6 is 11.6 Å². The molecule has 0 saturated heterocycles. The van der Waals surface area contributed by atoms with E-state index in [0.29, 0.717) is 36.4 Å². The molecule has 4 fully saturated rings. The van der Waals surface area contributed by atoms with Gasteiger partial charge in [0, 0.05) is 48.5 Å². The number of benzene rings is 1. The number of aliphatic hydroxyl groups is 1. The minimum Gasteiger partial charge on any atom is -0.481 e. The second-order valence-corrected chi connectivity index (χ2v) is 22.7. The van der Waals surface area contributed by atoms with Crippen molar-refractivity contribution in [1.29, 1.82) is 0 Å². The van der Waals surface area contributed by atoms with E-state index in [0.717, 1.165) is 75.6 Å². The number of likely N-dealkylation sites (N-methyl/N-ethyl adjacent to an activating group) is 1. The van der Waals surface area contributed by atoms with Gasteiger partial charge in [0.2, 0.25) is 0 Å². The van der Waals surface area contributed by atoms with Crippen molar-refractivity contribution < 1.29 is 29.3 Å². The van der Waals surface area contributed by atoms with Gasteiger partial charge in [-0.2, -0.15) is 0 Å². The molecule has 5 aliphatic rings. The van der Waals surface area contributed by atoms with Gasteiger partial charge in [-0.3, -0.25) is 19.3 Å². The number of hydrogen-bond donors (Lipinski definition) is 2. The number of rotatable bonds is 14. The second kappa shape index (κ2) is 16.2. The number of esters is 1. The standard InChI is InChI=1S/C49H75ClN2O6/c1-31(2)42-35(53)26-49(38(54)30-52(25-24-51(10)11)29-32-12-14-33(50)15-13-32)23-22-47(8)34(43(42)49)16-17-37-46(7)20-19-39(45(5,6)36(46)18-21-48(37,47)9)58-41(57)28-44(3,4)27-40(55)56/h12-15,31,34,36-39,54H,16-30H2,1-11H3,(H,55,56)/t34-,36?,37-,38+,39+,46+,47-,48-,49+/m1/s1. The number of carbonyl (C=O) groups excluding carboxylic acids is 2. The van der Waals surface area contributed by atoms with Gasteiger partial charge in [-0.05, 0) is 134 Å². The molecule has 1 aromatic carbocycles. The number of ether oxygens (including phenoxy) is 1. The molecule has 4 saturated carbocycles. The summed E-state index contributed by atoms with van der Waals surface area (Å²) in [7, 11) is 4.17. The first-order valence-corrected chi connectivity index (χ1v) is 22.8. The molecular weight excluding hydrogens is 748 g/mol. The van der Waals surface area contributed by atoms with Crippen LogP contribution in [0.3, 0.4) is 0 Å². The smallest absolute Gasteiger partial charge is 0.306 e. The number of ketones is 1. The number of carboxylic acid groups (broad SMARTS) is 1. The van der Waals surface area contributed by atoms with Crippen molar-refractivity contribution in [2.45, 2.75) is 152 Å². The lowest BCUT2D eigenvalue weighted by atomic mass is 9.33. The molecule has 8 nitrogen and oxygen atoms in total. The van der Waals surface area contributed by atoms with Crippen molar-refractivity contribution in [3.05, 3.63) is 46.0 Å². The first-order chi connectivity index (χ1) is 26.9. The first-order valence-electron chi connectivity index (χ1n) is 22.4. The molecule has 0 radical (unpaired) electrons. The van der Waals surface area contributed by atoms with Gasteiger partial charge in [-0.1, -0.05) is 91.6 Å². The minimum atomic E-state index is -0.899. The van der Waals surface area contributed by atoms with E-state index in [1.807, 2.05) is 26.0 Å². The fraction of sp³-hybridized carbons (Fsp3) is 0.776. The molecule has 0 aromatic heterocycles. The lowest BCUT2D eigenvalue weighted by molar-refractivity contribution is -0.235. The van der Waals surface area contributed by atoms with Crippen LogP contribution in [0.2, 0.25) is 5.02 Å². The SMILES string of the molecule is CC(C)C1=C2[C@H]3CC[C@@H]4[C@@]5(C)CC[C@H](OC(=O)CC(C)(C)CC(=O)O)C(C)(C)C5CC[C@@]4(C)[C@]3(C)CC[C@@]2([C@@H](O)CN(CCN(C)C)Cc2ccc(Cl)cc2)CC1=O. The number of allylic oxidation sites excluding steroid dienone is 1. The van der Waals surface area contributed by atoms with Gasteiger partial charge in [-0.25, -0.2) is 0 Å². The van der Waals surface area contributed by atoms with Crippen molar-refractivity contribution in [3.63, 3.8) is 0 Å². The molecular formula is C49H75ClN2O6. The maximum atomic E-state index is 14.3. The molecule has 0 amide bonds. The van der Waals surface area contributed by atoms with Crippen LogP contribution < -0.4 is 0 Å². The molecule has 0 bridgehead atoms. The molecule has 0 heterocycles. The number of hydrogen-bond acceptors (Lipinski definition) is 7. The summed E-state index contributed by atoms with van der Waals surface area (Å²) in [5.74, 6) is 0.272. The van der Waals surface area contributed by atoms with Gasteiger partial charge in [0.05, 0.1) is 18.9 Å². The maximum Gasteiger partial charge on any atom is 0.306 e. The lowest BCUT2D eigenvalue weighted by Gasteiger charge is -2.72. The van der Waals surface area contributed by atoms with E-state index in [1.165, 1.54) is 5.57 Å². The molecule has 9 heteroatoms. The Kier molecular flexibility index (Phi) is 12.7. The van der Waals surface area contributed by atoms with Gasteiger partial charge in [0.25, 0.3) is 0 Å². The third-order valence-electron chi connectivity index (χ3n) is 17.2. The summed E-state index contributed by atoms with van der Waals surface area (Å²) in [6, 6.07) is 8.01. The fourth-order valence-electron chi connectivity index (χ4n) is 14.2. The van der Waals surface area contributed by atoms with Crippen LogP contribution in [0, 0.1) is 56.2 Å². The number of aliphatic hydroxyl groups excluding tert-OH is 1. The van der Waals surface area contributed by atoms with Crippen molar-refractivity contribution in [3.8, 4) is 0 Å². The van der Waals surface area contributed by atoms with E-state index in [-0.39, 0.29) is 64.2 Å². The third-order valence-corrected chi connectivity index (χ3v) is 17.5. The predicted octanol–water partition coefficient (Wildman–Crippen LogP) is 9.85. The van der Waals surface area contributed by atoms with Crippen LogP contribution in [0.4, 0.5) is 0 Å². The summed E-state index contributed by atoms with van der Waals surface area (Å²) in [4.78, 5) is 43.7. The summed E-state index contributed by atoms with van der Waals surface area (Å²) in [5.41, 5.74) is 2.13. The Labute approximate surface area is 354 Å². The average Bonchev–Trinajstić information content (AvgIpc) is 3.42. The predicted molar refractivity (Wildman–Crippen MR) is 231 cm³/mol. The summed E-state index contributed by atoms with van der Waals surface area (Å²) >= 11 is 6.25. The monoisotopic (exact) mass is 823 g/mol. The molecule has 0 aliphatic heterocycles. The zero-order chi connectivity index (χ0) is 42.8. The Morgan fingerprint density at radius 3 is 2.19 bits per heavy atom. The molecule has 9 atom stereocenters. The van der Waals surface area contributed by atoms with Crippen LogP contribution in [0.1, 0.15) is 139 Å². The Morgan fingerprint density at radius 2 is 1.57 bits per heavy atom. The summed E-state index contributed by atoms with van der Waals surface area (Å²) in [6.07, 6.45) is 7.47. The topological polar surface area (TPSA) is 107 Å². The van der Waals surface area contributed by atoms with Crippen LogP contribution in [0.25, 0.3) is 0 Å². The molecule has 1 aromatic rings. The number of fused-ring (bicyclic) bond motifs is 7. The van der Waals surface area contributed by atoms with Crippen LogP contribution in [0.5, 0.6) is 0 Å². The average molecular weight is 824 g/mol. The first kappa shape index (κ1) is 45.3. The normalized spacial score (nSPS) is 35.1. The fourth-order valence-corrected chi connectivity index (χ4v) is 14.3. The second-order valence-electron chi connectivity index (χ2n) is 22.3. The Balaban J connectivity index is 1.27. The van der Waals surface area contributed by atoms with E-state index in [2.05, 4.69) is 84.5 Å². The van der Waals surface area contributed by atoms with E-state index >= 15 is 0 Å². The van der Waals surface area contributed by atoms with Crippen molar-refractivity contribution in [2.75, 3.05) is 33.7 Å². The lowest BCUT2D eigenvalue weighted by Crippen LogP contribution is -2.66. The van der Waals surface area contributed by atoms with E-state index in [1.54, 1.807) is 0 Å². The third kappa shape index (κ3) is 7.99.